The largest absolute Gasteiger partial charge is 0.490 e. The Morgan fingerprint density at radius 2 is 1.81 bits per heavy atom. The minimum absolute atomic E-state index is 0.176. The molecule has 1 saturated heterocycles. The Morgan fingerprint density at radius 1 is 1.15 bits per heavy atom. The van der Waals surface area contributed by atoms with Gasteiger partial charge in [0.25, 0.3) is 5.79 Å². The molecule has 0 aromatic heterocycles. The zero-order valence-electron chi connectivity index (χ0n) is 14.7. The molecular formula is C19H20O7. The molecule has 7 nitrogen and oxygen atoms in total. The van der Waals surface area contributed by atoms with Gasteiger partial charge in [0, 0.05) is 19.8 Å². The Labute approximate surface area is 150 Å². The van der Waals surface area contributed by atoms with Crippen LogP contribution in [-0.2, 0) is 23.9 Å². The highest BCUT2D eigenvalue weighted by molar-refractivity contribution is 6.18. The summed E-state index contributed by atoms with van der Waals surface area (Å²) in [6.07, 6.45) is 4.16. The number of rotatable bonds is 4. The normalized spacial score (nSPS) is 18.3. The van der Waals surface area contributed by atoms with Crippen LogP contribution in [0.25, 0.3) is 6.08 Å². The van der Waals surface area contributed by atoms with Gasteiger partial charge >= 0.3 is 17.9 Å². The molecule has 1 saturated carbocycles. The minimum atomic E-state index is -1.10. The number of esters is 3. The summed E-state index contributed by atoms with van der Waals surface area (Å²) in [5.74, 6) is -2.35. The van der Waals surface area contributed by atoms with Gasteiger partial charge in [0.1, 0.15) is 5.57 Å². The second-order valence-electron chi connectivity index (χ2n) is 6.19. The quantitative estimate of drug-likeness (QED) is 0.353. The van der Waals surface area contributed by atoms with Crippen molar-refractivity contribution in [2.24, 2.45) is 0 Å². The van der Waals surface area contributed by atoms with Crippen LogP contribution < -0.4 is 9.47 Å². The lowest BCUT2D eigenvalue weighted by atomic mass is 10.1. The van der Waals surface area contributed by atoms with Crippen LogP contribution >= 0.6 is 0 Å². The highest BCUT2D eigenvalue weighted by atomic mass is 16.7. The average Bonchev–Trinajstić information content (AvgIpc) is 3.00. The van der Waals surface area contributed by atoms with Crippen LogP contribution in [-0.4, -0.2) is 30.3 Å². The maximum atomic E-state index is 12.3. The van der Waals surface area contributed by atoms with Crippen LogP contribution in [0.15, 0.2) is 23.8 Å². The summed E-state index contributed by atoms with van der Waals surface area (Å²) in [4.78, 5) is 35.8. The molecule has 1 aliphatic carbocycles. The molecule has 3 rings (SSSR count). The van der Waals surface area contributed by atoms with E-state index in [0.717, 1.165) is 12.8 Å². The van der Waals surface area contributed by atoms with E-state index in [1.165, 1.54) is 19.1 Å². The predicted molar refractivity (Wildman–Crippen MR) is 90.3 cm³/mol. The van der Waals surface area contributed by atoms with Gasteiger partial charge in [0.05, 0.1) is 6.61 Å². The third-order valence-electron chi connectivity index (χ3n) is 4.19. The summed E-state index contributed by atoms with van der Waals surface area (Å²) >= 11 is 0. The van der Waals surface area contributed by atoms with E-state index >= 15 is 0 Å². The number of hydrogen-bond acceptors (Lipinski definition) is 7. The lowest BCUT2D eigenvalue weighted by Crippen LogP contribution is -2.44. The van der Waals surface area contributed by atoms with Gasteiger partial charge in [-0.3, -0.25) is 4.79 Å². The Bertz CT molecular complexity index is 750. The fraction of sp³-hybridized carbons (Fsp3) is 0.421. The molecule has 0 N–H and O–H groups in total. The molecule has 0 bridgehead atoms. The van der Waals surface area contributed by atoms with Crippen molar-refractivity contribution in [1.29, 1.82) is 0 Å². The Kier molecular flexibility index (Phi) is 4.97. The van der Waals surface area contributed by atoms with Gasteiger partial charge in [-0.25, -0.2) is 9.59 Å². The predicted octanol–water partition coefficient (Wildman–Crippen LogP) is 2.76. The number of benzene rings is 1. The molecule has 2 aliphatic rings. The van der Waals surface area contributed by atoms with Crippen molar-refractivity contribution < 1.29 is 33.3 Å². The van der Waals surface area contributed by atoms with E-state index in [1.54, 1.807) is 19.1 Å². The van der Waals surface area contributed by atoms with Crippen LogP contribution in [0.1, 0.15) is 45.1 Å². The van der Waals surface area contributed by atoms with Crippen LogP contribution in [0.2, 0.25) is 0 Å². The topological polar surface area (TPSA) is 88.1 Å². The van der Waals surface area contributed by atoms with E-state index < -0.39 is 23.7 Å². The summed E-state index contributed by atoms with van der Waals surface area (Å²) < 4.78 is 21.3. The van der Waals surface area contributed by atoms with Gasteiger partial charge in [0.2, 0.25) is 0 Å². The zero-order chi connectivity index (χ0) is 18.7. The van der Waals surface area contributed by atoms with Gasteiger partial charge in [-0.05, 0) is 43.5 Å². The van der Waals surface area contributed by atoms with Gasteiger partial charge < -0.3 is 18.9 Å². The Morgan fingerprint density at radius 3 is 2.38 bits per heavy atom. The molecule has 138 valence electrons. The van der Waals surface area contributed by atoms with E-state index in [-0.39, 0.29) is 11.3 Å². The van der Waals surface area contributed by atoms with E-state index in [4.69, 9.17) is 18.9 Å². The summed E-state index contributed by atoms with van der Waals surface area (Å²) in [6.45, 7) is 3.44. The second-order valence-corrected chi connectivity index (χ2v) is 6.19. The SMILES string of the molecule is CCOc1cc(C=C2C(=O)OC3(CCCC3)OC2=O)ccc1OC(C)=O. The highest BCUT2D eigenvalue weighted by Crippen LogP contribution is 2.39. The highest BCUT2D eigenvalue weighted by Gasteiger charge is 2.47. The third-order valence-corrected chi connectivity index (χ3v) is 4.19. The van der Waals surface area contributed by atoms with Gasteiger partial charge in [-0.15, -0.1) is 0 Å². The summed E-state index contributed by atoms with van der Waals surface area (Å²) in [5, 5.41) is 0. The summed E-state index contributed by atoms with van der Waals surface area (Å²) in [5.41, 5.74) is 0.348. The first-order valence-corrected chi connectivity index (χ1v) is 8.56. The van der Waals surface area contributed by atoms with Crippen LogP contribution in [0.4, 0.5) is 0 Å². The smallest absolute Gasteiger partial charge is 0.348 e. The van der Waals surface area contributed by atoms with Crippen molar-refractivity contribution in [3.05, 3.63) is 29.3 Å². The molecule has 0 amide bonds. The van der Waals surface area contributed by atoms with Crippen LogP contribution in [0, 0.1) is 0 Å². The first-order valence-electron chi connectivity index (χ1n) is 8.56. The number of hydrogen-bond donors (Lipinski definition) is 0. The second kappa shape index (κ2) is 7.19. The fourth-order valence-electron chi connectivity index (χ4n) is 3.08. The summed E-state index contributed by atoms with van der Waals surface area (Å²) in [7, 11) is 0. The maximum Gasteiger partial charge on any atom is 0.348 e. The molecule has 0 radical (unpaired) electrons. The number of ether oxygens (including phenoxy) is 4. The van der Waals surface area contributed by atoms with Crippen molar-refractivity contribution in [2.75, 3.05) is 6.61 Å². The zero-order valence-corrected chi connectivity index (χ0v) is 14.7. The molecule has 0 unspecified atom stereocenters. The average molecular weight is 360 g/mol. The van der Waals surface area contributed by atoms with Gasteiger partial charge in [-0.1, -0.05) is 6.07 Å². The van der Waals surface area contributed by atoms with E-state index in [2.05, 4.69) is 0 Å². The maximum absolute atomic E-state index is 12.3. The molecule has 1 aliphatic heterocycles. The molecule has 1 spiro atoms. The van der Waals surface area contributed by atoms with Crippen molar-refractivity contribution >= 4 is 24.0 Å². The van der Waals surface area contributed by atoms with Crippen molar-refractivity contribution in [3.63, 3.8) is 0 Å². The molecule has 26 heavy (non-hydrogen) atoms. The minimum Gasteiger partial charge on any atom is -0.490 e. The van der Waals surface area contributed by atoms with Crippen LogP contribution in [0.5, 0.6) is 11.5 Å². The Balaban J connectivity index is 1.87. The van der Waals surface area contributed by atoms with Crippen molar-refractivity contribution in [1.82, 2.24) is 0 Å². The lowest BCUT2D eigenvalue weighted by Gasteiger charge is -2.32. The monoisotopic (exact) mass is 360 g/mol. The van der Waals surface area contributed by atoms with E-state index in [9.17, 15) is 14.4 Å². The molecular weight excluding hydrogens is 340 g/mol. The van der Waals surface area contributed by atoms with Gasteiger partial charge in [-0.2, -0.15) is 0 Å². The first kappa shape index (κ1) is 18.0. The number of carbonyl (C=O) groups is 3. The fourth-order valence-corrected chi connectivity index (χ4v) is 3.08. The van der Waals surface area contributed by atoms with Crippen LogP contribution in [0.3, 0.4) is 0 Å². The molecule has 1 aromatic rings. The van der Waals surface area contributed by atoms with Crippen molar-refractivity contribution in [3.8, 4) is 11.5 Å². The summed E-state index contributed by atoms with van der Waals surface area (Å²) in [6, 6.07) is 4.72. The van der Waals surface area contributed by atoms with Crippen molar-refractivity contribution in [2.45, 2.75) is 45.3 Å². The molecule has 1 aromatic carbocycles. The van der Waals surface area contributed by atoms with Gasteiger partial charge in [0.15, 0.2) is 11.5 Å². The molecule has 1 heterocycles. The first-order chi connectivity index (χ1) is 12.4. The standard InChI is InChI=1S/C19H20O7/c1-3-23-16-11-13(6-7-15(16)24-12(2)20)10-14-17(21)25-19(26-18(14)22)8-4-5-9-19/h6-7,10-11H,3-5,8-9H2,1-2H3. The third kappa shape index (κ3) is 3.71. The molecule has 0 atom stereocenters. The Hall–Kier alpha value is -2.83. The molecule has 7 heteroatoms. The lowest BCUT2D eigenvalue weighted by molar-refractivity contribution is -0.232. The molecule has 2 fully saturated rings. The van der Waals surface area contributed by atoms with E-state index in [0.29, 0.717) is 30.8 Å². The van der Waals surface area contributed by atoms with E-state index in [1.807, 2.05) is 0 Å². The number of carbonyl (C=O) groups excluding carboxylic acids is 3.